The SMILES string of the molecule is CCC(C)C(NC(=O)C(CO)NC(=O)C1CCCN1)C(=O)NC(C(=O)O)C(C)O. The monoisotopic (exact) mass is 416 g/mol. The van der Waals surface area contributed by atoms with E-state index in [4.69, 9.17) is 5.11 Å². The van der Waals surface area contributed by atoms with Crippen molar-refractivity contribution in [3.05, 3.63) is 0 Å². The second-order valence-electron chi connectivity index (χ2n) is 7.33. The van der Waals surface area contributed by atoms with E-state index < -0.39 is 60.6 Å². The van der Waals surface area contributed by atoms with E-state index >= 15 is 0 Å². The van der Waals surface area contributed by atoms with Gasteiger partial charge >= 0.3 is 5.97 Å². The van der Waals surface area contributed by atoms with Gasteiger partial charge in [-0.25, -0.2) is 4.79 Å². The fourth-order valence-corrected chi connectivity index (χ4v) is 2.96. The first-order valence-corrected chi connectivity index (χ1v) is 9.78. The maximum Gasteiger partial charge on any atom is 0.328 e. The van der Waals surface area contributed by atoms with Gasteiger partial charge in [0, 0.05) is 0 Å². The van der Waals surface area contributed by atoms with Gasteiger partial charge in [0.25, 0.3) is 0 Å². The van der Waals surface area contributed by atoms with Crippen LogP contribution in [-0.2, 0) is 19.2 Å². The molecule has 7 N–H and O–H groups in total. The summed E-state index contributed by atoms with van der Waals surface area (Å²) in [4.78, 5) is 48.5. The molecule has 1 heterocycles. The van der Waals surface area contributed by atoms with Crippen LogP contribution < -0.4 is 21.3 Å². The molecule has 166 valence electrons. The molecule has 0 spiro atoms. The standard InChI is InChI=1S/C18H32N4O7/c1-4-9(2)13(17(27)22-14(10(3)24)18(28)29)21-16(26)12(8-23)20-15(25)11-6-5-7-19-11/h9-14,19,23-24H,4-8H2,1-3H3,(H,20,25)(H,21,26)(H,22,27)(H,28,29). The molecule has 11 heteroatoms. The molecule has 6 atom stereocenters. The van der Waals surface area contributed by atoms with Gasteiger partial charge in [0.15, 0.2) is 6.04 Å². The maximum absolute atomic E-state index is 12.6. The number of amides is 3. The fraction of sp³-hybridized carbons (Fsp3) is 0.778. The van der Waals surface area contributed by atoms with Gasteiger partial charge in [-0.2, -0.15) is 0 Å². The van der Waals surface area contributed by atoms with Crippen molar-refractivity contribution < 1.29 is 34.5 Å². The molecule has 6 unspecified atom stereocenters. The summed E-state index contributed by atoms with van der Waals surface area (Å²) in [5.41, 5.74) is 0. The number of carbonyl (C=O) groups excluding carboxylic acids is 3. The van der Waals surface area contributed by atoms with Crippen LogP contribution in [-0.4, -0.2) is 82.4 Å². The van der Waals surface area contributed by atoms with Crippen molar-refractivity contribution >= 4 is 23.7 Å². The topological polar surface area (TPSA) is 177 Å². The van der Waals surface area contributed by atoms with Gasteiger partial charge in [-0.15, -0.1) is 0 Å². The van der Waals surface area contributed by atoms with Gasteiger partial charge in [-0.05, 0) is 32.2 Å². The number of carboxylic acid groups (broad SMARTS) is 1. The third-order valence-electron chi connectivity index (χ3n) is 5.03. The molecule has 1 fully saturated rings. The van der Waals surface area contributed by atoms with Crippen LogP contribution in [0.25, 0.3) is 0 Å². The number of carboxylic acids is 1. The van der Waals surface area contributed by atoms with Crippen LogP contribution in [0.1, 0.15) is 40.0 Å². The molecule has 0 aromatic rings. The van der Waals surface area contributed by atoms with Crippen molar-refractivity contribution in [3.63, 3.8) is 0 Å². The zero-order valence-electron chi connectivity index (χ0n) is 17.0. The lowest BCUT2D eigenvalue weighted by Gasteiger charge is -2.28. The maximum atomic E-state index is 12.6. The van der Waals surface area contributed by atoms with Crippen LogP contribution in [0.3, 0.4) is 0 Å². The number of aliphatic carboxylic acids is 1. The minimum absolute atomic E-state index is 0.367. The van der Waals surface area contributed by atoms with Gasteiger partial charge < -0.3 is 36.6 Å². The molecular formula is C18H32N4O7. The van der Waals surface area contributed by atoms with E-state index in [9.17, 15) is 29.4 Å². The van der Waals surface area contributed by atoms with Crippen LogP contribution in [0.15, 0.2) is 0 Å². The van der Waals surface area contributed by atoms with Crippen molar-refractivity contribution in [3.8, 4) is 0 Å². The smallest absolute Gasteiger partial charge is 0.328 e. The van der Waals surface area contributed by atoms with Gasteiger partial charge in [0.05, 0.1) is 18.8 Å². The Morgan fingerprint density at radius 1 is 1.07 bits per heavy atom. The summed E-state index contributed by atoms with van der Waals surface area (Å²) in [5.74, 6) is -3.73. The highest BCUT2D eigenvalue weighted by Crippen LogP contribution is 2.10. The number of nitrogens with one attached hydrogen (secondary N) is 4. The molecule has 0 bridgehead atoms. The highest BCUT2D eigenvalue weighted by Gasteiger charge is 2.34. The van der Waals surface area contributed by atoms with Gasteiger partial charge in [0.2, 0.25) is 17.7 Å². The third-order valence-corrected chi connectivity index (χ3v) is 5.03. The number of aliphatic hydroxyl groups excluding tert-OH is 2. The summed E-state index contributed by atoms with van der Waals surface area (Å²) in [6.07, 6.45) is 0.609. The number of carbonyl (C=O) groups is 4. The lowest BCUT2D eigenvalue weighted by atomic mass is 9.97. The van der Waals surface area contributed by atoms with Crippen LogP contribution >= 0.6 is 0 Å². The molecule has 0 aromatic carbocycles. The first-order chi connectivity index (χ1) is 13.6. The molecule has 1 rings (SSSR count). The quantitative estimate of drug-likeness (QED) is 0.196. The molecule has 1 aliphatic rings. The minimum Gasteiger partial charge on any atom is -0.480 e. The highest BCUT2D eigenvalue weighted by molar-refractivity contribution is 5.94. The summed E-state index contributed by atoms with van der Waals surface area (Å²) in [6.45, 7) is 4.74. The van der Waals surface area contributed by atoms with E-state index in [1.54, 1.807) is 13.8 Å². The van der Waals surface area contributed by atoms with E-state index in [1.165, 1.54) is 6.92 Å². The molecule has 0 radical (unpaired) electrons. The summed E-state index contributed by atoms with van der Waals surface area (Å²) in [5, 5.41) is 38.3. The van der Waals surface area contributed by atoms with Crippen molar-refractivity contribution in [2.45, 2.75) is 70.3 Å². The van der Waals surface area contributed by atoms with Gasteiger partial charge in [-0.3, -0.25) is 14.4 Å². The largest absolute Gasteiger partial charge is 0.480 e. The molecule has 0 saturated carbocycles. The van der Waals surface area contributed by atoms with Gasteiger partial charge in [0.1, 0.15) is 12.1 Å². The average Bonchev–Trinajstić information content (AvgIpc) is 3.21. The molecule has 1 saturated heterocycles. The Morgan fingerprint density at radius 2 is 1.69 bits per heavy atom. The number of hydrogen-bond donors (Lipinski definition) is 7. The number of aliphatic hydroxyl groups is 2. The Kier molecular flexibility index (Phi) is 9.99. The Hall–Kier alpha value is -2.24. The van der Waals surface area contributed by atoms with Crippen molar-refractivity contribution in [2.75, 3.05) is 13.2 Å². The number of rotatable bonds is 11. The predicted octanol–water partition coefficient (Wildman–Crippen LogP) is -2.30. The Balaban J connectivity index is 2.83. The van der Waals surface area contributed by atoms with E-state index in [1.807, 2.05) is 0 Å². The van der Waals surface area contributed by atoms with Crippen LogP contribution in [0.2, 0.25) is 0 Å². The molecule has 0 aromatic heterocycles. The second kappa shape index (κ2) is 11.7. The Labute approximate surface area is 169 Å². The van der Waals surface area contributed by atoms with Crippen LogP contribution in [0.5, 0.6) is 0 Å². The number of hydrogen-bond acceptors (Lipinski definition) is 7. The lowest BCUT2D eigenvalue weighted by Crippen LogP contribution is -2.60. The Bertz CT molecular complexity index is 593. The lowest BCUT2D eigenvalue weighted by molar-refractivity contribution is -0.145. The summed E-state index contributed by atoms with van der Waals surface area (Å²) < 4.78 is 0. The van der Waals surface area contributed by atoms with Crippen molar-refractivity contribution in [2.24, 2.45) is 5.92 Å². The molecular weight excluding hydrogens is 384 g/mol. The first kappa shape index (κ1) is 24.8. The average molecular weight is 416 g/mol. The van der Waals surface area contributed by atoms with E-state index in [0.717, 1.165) is 6.42 Å². The fourth-order valence-electron chi connectivity index (χ4n) is 2.96. The molecule has 0 aliphatic carbocycles. The van der Waals surface area contributed by atoms with Crippen LogP contribution in [0.4, 0.5) is 0 Å². The second-order valence-corrected chi connectivity index (χ2v) is 7.33. The van der Waals surface area contributed by atoms with Crippen molar-refractivity contribution in [1.82, 2.24) is 21.3 Å². The first-order valence-electron chi connectivity index (χ1n) is 9.78. The summed E-state index contributed by atoms with van der Waals surface area (Å²) >= 11 is 0. The molecule has 11 nitrogen and oxygen atoms in total. The van der Waals surface area contributed by atoms with E-state index in [2.05, 4.69) is 21.3 Å². The van der Waals surface area contributed by atoms with Crippen molar-refractivity contribution in [1.29, 1.82) is 0 Å². The summed E-state index contributed by atoms with van der Waals surface area (Å²) in [6, 6.07) is -4.33. The van der Waals surface area contributed by atoms with Crippen LogP contribution in [0, 0.1) is 5.92 Å². The predicted molar refractivity (Wildman–Crippen MR) is 103 cm³/mol. The minimum atomic E-state index is -1.53. The normalized spacial score (nSPS) is 21.3. The zero-order chi connectivity index (χ0) is 22.1. The highest BCUT2D eigenvalue weighted by atomic mass is 16.4. The van der Waals surface area contributed by atoms with E-state index in [-0.39, 0.29) is 5.92 Å². The Morgan fingerprint density at radius 3 is 2.14 bits per heavy atom. The third kappa shape index (κ3) is 7.26. The van der Waals surface area contributed by atoms with Gasteiger partial charge in [-0.1, -0.05) is 20.3 Å². The zero-order valence-corrected chi connectivity index (χ0v) is 17.0. The molecule has 1 aliphatic heterocycles. The van der Waals surface area contributed by atoms with E-state index in [0.29, 0.717) is 19.4 Å². The molecule has 3 amide bonds. The summed E-state index contributed by atoms with van der Waals surface area (Å²) in [7, 11) is 0. The molecule has 29 heavy (non-hydrogen) atoms.